The van der Waals surface area contributed by atoms with Gasteiger partial charge >= 0.3 is 0 Å². The van der Waals surface area contributed by atoms with Gasteiger partial charge in [-0.2, -0.15) is 0 Å². The van der Waals surface area contributed by atoms with Gasteiger partial charge in [-0.1, -0.05) is 6.07 Å². The van der Waals surface area contributed by atoms with E-state index in [0.717, 1.165) is 87.5 Å². The van der Waals surface area contributed by atoms with Crippen molar-refractivity contribution in [2.24, 2.45) is 11.1 Å². The Kier molecular flexibility index (Phi) is 6.65. The summed E-state index contributed by atoms with van der Waals surface area (Å²) in [5.41, 5.74) is 2.58. The molecule has 1 amide bonds. The van der Waals surface area contributed by atoms with Crippen molar-refractivity contribution in [2.75, 3.05) is 32.7 Å². The number of imidazole rings is 1. The highest BCUT2D eigenvalue weighted by Gasteiger charge is 2.33. The minimum absolute atomic E-state index is 0.0105. The maximum atomic E-state index is 13.4. The zero-order valence-electron chi connectivity index (χ0n) is 20.8. The number of ether oxygens (including phenoxy) is 1. The van der Waals surface area contributed by atoms with Crippen LogP contribution >= 0.6 is 0 Å². The smallest absolute Gasteiger partial charge is 0.251 e. The highest BCUT2D eigenvalue weighted by molar-refractivity contribution is 5.79. The van der Waals surface area contributed by atoms with Crippen LogP contribution in [-0.2, 0) is 9.53 Å². The number of likely N-dealkylation sites (tertiary alicyclic amines) is 2. The Hall–Kier alpha value is -3.66. The van der Waals surface area contributed by atoms with E-state index < -0.39 is 0 Å². The Labute approximate surface area is 215 Å². The highest BCUT2D eigenvalue weighted by Crippen LogP contribution is 2.33. The molecule has 10 heteroatoms. The molecule has 0 aliphatic carbocycles. The zero-order valence-corrected chi connectivity index (χ0v) is 20.8. The lowest BCUT2D eigenvalue weighted by atomic mass is 9.93. The fraction of sp³-hybridized carbons (Fsp3) is 0.481. The average molecular weight is 502 g/mol. The molecular weight excluding hydrogens is 470 g/mol. The van der Waals surface area contributed by atoms with Crippen molar-refractivity contribution in [3.63, 3.8) is 0 Å². The van der Waals surface area contributed by atoms with Gasteiger partial charge in [-0.15, -0.1) is 4.91 Å². The van der Waals surface area contributed by atoms with Crippen molar-refractivity contribution in [2.45, 2.75) is 44.2 Å². The Morgan fingerprint density at radius 2 is 1.81 bits per heavy atom. The van der Waals surface area contributed by atoms with Crippen molar-refractivity contribution in [1.29, 1.82) is 0 Å². The predicted molar refractivity (Wildman–Crippen MR) is 138 cm³/mol. The van der Waals surface area contributed by atoms with E-state index in [1.807, 2.05) is 30.3 Å². The summed E-state index contributed by atoms with van der Waals surface area (Å²) in [4.78, 5) is 42.4. The van der Waals surface area contributed by atoms with Gasteiger partial charge < -0.3 is 14.2 Å². The highest BCUT2D eigenvalue weighted by atomic mass is 16.5. The van der Waals surface area contributed by atoms with Gasteiger partial charge in [0.2, 0.25) is 5.91 Å². The molecule has 3 aromatic heterocycles. The molecule has 6 rings (SSSR count). The topological polar surface area (TPSA) is 106 Å². The number of hydrogen-bond donors (Lipinski definition) is 0. The van der Waals surface area contributed by atoms with Crippen LogP contribution in [0, 0.1) is 10.8 Å². The number of nitrogens with zero attached hydrogens (tertiary/aromatic N) is 7. The normalized spacial score (nSPS) is 21.7. The van der Waals surface area contributed by atoms with Crippen molar-refractivity contribution in [1.82, 2.24) is 29.3 Å². The van der Waals surface area contributed by atoms with Gasteiger partial charge in [0.15, 0.2) is 11.5 Å². The van der Waals surface area contributed by atoms with Crippen LogP contribution in [0.2, 0.25) is 0 Å². The zero-order chi connectivity index (χ0) is 25.2. The Bertz CT molecular complexity index is 1290. The molecule has 6 heterocycles. The van der Waals surface area contributed by atoms with Gasteiger partial charge in [0.25, 0.3) is 5.88 Å². The molecule has 3 aromatic rings. The van der Waals surface area contributed by atoms with E-state index in [0.29, 0.717) is 0 Å². The van der Waals surface area contributed by atoms with Crippen LogP contribution in [0.15, 0.2) is 59.9 Å². The number of amides is 1. The van der Waals surface area contributed by atoms with Crippen molar-refractivity contribution < 1.29 is 9.53 Å². The van der Waals surface area contributed by atoms with Crippen LogP contribution in [0.25, 0.3) is 22.7 Å². The summed E-state index contributed by atoms with van der Waals surface area (Å²) in [5.74, 6) is 1.39. The first-order valence-corrected chi connectivity index (χ1v) is 13.2. The quantitative estimate of drug-likeness (QED) is 0.474. The molecule has 1 unspecified atom stereocenters. The molecule has 10 nitrogen and oxygen atoms in total. The minimum atomic E-state index is -0.0105. The van der Waals surface area contributed by atoms with Crippen molar-refractivity contribution >= 4 is 17.1 Å². The third-order valence-corrected chi connectivity index (χ3v) is 7.82. The van der Waals surface area contributed by atoms with E-state index in [1.165, 1.54) is 0 Å². The number of fused-ring (bicyclic) bond motifs is 1. The number of aromatic nitrogens is 4. The van der Waals surface area contributed by atoms with Gasteiger partial charge in [-0.25, -0.2) is 9.97 Å². The second-order valence-corrected chi connectivity index (χ2v) is 10.1. The third-order valence-electron chi connectivity index (χ3n) is 7.82. The maximum absolute atomic E-state index is 13.4. The number of piperidine rings is 2. The number of nitroso groups, excluding NO2 is 1. The minimum Gasteiger partial charge on any atom is -0.471 e. The van der Waals surface area contributed by atoms with Gasteiger partial charge in [0.1, 0.15) is 17.3 Å². The van der Waals surface area contributed by atoms with Gasteiger partial charge in [0, 0.05) is 55.6 Å². The molecule has 2 fully saturated rings. The largest absolute Gasteiger partial charge is 0.471 e. The van der Waals surface area contributed by atoms with Gasteiger partial charge in [-0.3, -0.25) is 14.7 Å². The second-order valence-electron chi connectivity index (χ2n) is 10.1. The van der Waals surface area contributed by atoms with Crippen LogP contribution in [0.4, 0.5) is 0 Å². The Balaban J connectivity index is 1.07. The average Bonchev–Trinajstić information content (AvgIpc) is 3.58. The number of carbonyl (C=O) groups is 1. The summed E-state index contributed by atoms with van der Waals surface area (Å²) in [5, 5.41) is 2.88. The molecule has 0 saturated carbocycles. The van der Waals surface area contributed by atoms with Gasteiger partial charge in [-0.05, 0) is 69.1 Å². The lowest BCUT2D eigenvalue weighted by Gasteiger charge is -2.38. The number of pyridine rings is 2. The first kappa shape index (κ1) is 23.7. The fourth-order valence-electron chi connectivity index (χ4n) is 5.87. The summed E-state index contributed by atoms with van der Waals surface area (Å²) >= 11 is 0. The summed E-state index contributed by atoms with van der Waals surface area (Å²) in [6.45, 7) is 3.99. The lowest BCUT2D eigenvalue weighted by molar-refractivity contribution is -0.138. The first-order valence-electron chi connectivity index (χ1n) is 13.2. The Morgan fingerprint density at radius 3 is 2.54 bits per heavy atom. The van der Waals surface area contributed by atoms with Gasteiger partial charge in [0.05, 0.1) is 0 Å². The molecule has 3 aliphatic rings. The molecule has 0 spiro atoms. The summed E-state index contributed by atoms with van der Waals surface area (Å²) in [6.07, 6.45) is 9.51. The van der Waals surface area contributed by atoms with E-state index in [2.05, 4.69) is 29.5 Å². The maximum Gasteiger partial charge on any atom is 0.251 e. The SMILES string of the molecule is O=NC1=CCC(CN2CCC(C(=O)N3CCC(n4c(-c5ccccn5)nc5cccnc54)CC3)CC2)O1. The predicted octanol–water partition coefficient (Wildman–Crippen LogP) is 3.77. The molecule has 3 aliphatic heterocycles. The second kappa shape index (κ2) is 10.4. The standard InChI is InChI=1S/C27H31N7O3/c35-27(19-8-14-32(15-9-19)18-21-6-7-24(31-36)37-21)33-16-10-20(11-17-33)34-25-23(5-3-13-29-25)30-26(34)22-4-1-2-12-28-22/h1-5,7,12-13,19-21H,6,8-11,14-18H2. The Morgan fingerprint density at radius 1 is 1.00 bits per heavy atom. The van der Waals surface area contributed by atoms with Crippen LogP contribution in [0.1, 0.15) is 38.1 Å². The summed E-state index contributed by atoms with van der Waals surface area (Å²) in [7, 11) is 0. The summed E-state index contributed by atoms with van der Waals surface area (Å²) in [6, 6.07) is 9.98. The van der Waals surface area contributed by atoms with E-state index in [-0.39, 0.29) is 29.9 Å². The number of carbonyl (C=O) groups excluding carboxylic acids is 1. The first-order chi connectivity index (χ1) is 18.2. The molecule has 0 N–H and O–H groups in total. The van der Waals surface area contributed by atoms with Crippen molar-refractivity contribution in [3.8, 4) is 11.5 Å². The lowest BCUT2D eigenvalue weighted by Crippen LogP contribution is -2.46. The molecule has 0 bridgehead atoms. The molecule has 0 radical (unpaired) electrons. The van der Waals surface area contributed by atoms with Crippen LogP contribution in [0.3, 0.4) is 0 Å². The number of rotatable bonds is 6. The molecule has 37 heavy (non-hydrogen) atoms. The van der Waals surface area contributed by atoms with E-state index in [4.69, 9.17) is 9.72 Å². The molecule has 1 atom stereocenters. The number of hydrogen-bond acceptors (Lipinski definition) is 8. The van der Waals surface area contributed by atoms with Crippen LogP contribution in [0.5, 0.6) is 0 Å². The van der Waals surface area contributed by atoms with E-state index in [1.54, 1.807) is 18.5 Å². The van der Waals surface area contributed by atoms with E-state index >= 15 is 0 Å². The fourth-order valence-corrected chi connectivity index (χ4v) is 5.87. The molecule has 192 valence electrons. The molecule has 2 saturated heterocycles. The van der Waals surface area contributed by atoms with Crippen LogP contribution in [-0.4, -0.2) is 74.1 Å². The summed E-state index contributed by atoms with van der Waals surface area (Å²) < 4.78 is 7.76. The molecule has 0 aromatic carbocycles. The third kappa shape index (κ3) is 4.85. The van der Waals surface area contributed by atoms with Crippen molar-refractivity contribution in [3.05, 3.63) is 59.6 Å². The monoisotopic (exact) mass is 501 g/mol. The van der Waals surface area contributed by atoms with Crippen LogP contribution < -0.4 is 0 Å². The van der Waals surface area contributed by atoms with E-state index in [9.17, 15) is 9.70 Å². The molecular formula is C27H31N7O3.